The van der Waals surface area contributed by atoms with Gasteiger partial charge in [-0.2, -0.15) is 0 Å². The Morgan fingerprint density at radius 2 is 1.78 bits per heavy atom. The predicted molar refractivity (Wildman–Crippen MR) is 139 cm³/mol. The molecule has 2 aromatic carbocycles. The lowest BCUT2D eigenvalue weighted by Gasteiger charge is -2.11. The summed E-state index contributed by atoms with van der Waals surface area (Å²) in [6.07, 6.45) is 0. The molecule has 0 atom stereocenters. The fourth-order valence-electron chi connectivity index (χ4n) is 3.31. The summed E-state index contributed by atoms with van der Waals surface area (Å²) in [7, 11) is 4.27. The van der Waals surface area contributed by atoms with Gasteiger partial charge >= 0.3 is 5.97 Å². The fraction of sp³-hybridized carbons (Fsp3) is 0.292. The minimum absolute atomic E-state index is 0.0479. The zero-order valence-corrected chi connectivity index (χ0v) is 22.2. The van der Waals surface area contributed by atoms with Gasteiger partial charge in [-0.05, 0) is 43.3 Å². The van der Waals surface area contributed by atoms with Gasteiger partial charge in [0.1, 0.15) is 0 Å². The maximum Gasteiger partial charge on any atom is 0.339 e. The zero-order valence-electron chi connectivity index (χ0n) is 20.7. The van der Waals surface area contributed by atoms with Crippen LogP contribution in [0.3, 0.4) is 0 Å². The highest BCUT2D eigenvalue weighted by Crippen LogP contribution is 2.27. The van der Waals surface area contributed by atoms with E-state index in [0.29, 0.717) is 40.3 Å². The molecule has 196 valence electrons. The van der Waals surface area contributed by atoms with Gasteiger partial charge in [-0.25, -0.2) is 4.79 Å². The number of ether oxygens (including phenoxy) is 3. The number of amides is 2. The number of hydrogen-bond donors (Lipinski definition) is 2. The Morgan fingerprint density at radius 3 is 2.46 bits per heavy atom. The van der Waals surface area contributed by atoms with Crippen molar-refractivity contribution < 1.29 is 28.6 Å². The summed E-state index contributed by atoms with van der Waals surface area (Å²) >= 11 is 7.21. The molecule has 13 heteroatoms. The highest BCUT2D eigenvalue weighted by molar-refractivity contribution is 7.99. The van der Waals surface area contributed by atoms with E-state index in [2.05, 4.69) is 20.8 Å². The number of nitrogens with zero attached hydrogens (tertiary/aromatic N) is 3. The summed E-state index contributed by atoms with van der Waals surface area (Å²) in [5.41, 5.74) is 0.968. The Balaban J connectivity index is 1.60. The first-order valence-electron chi connectivity index (χ1n) is 11.0. The van der Waals surface area contributed by atoms with Gasteiger partial charge in [0.2, 0.25) is 5.91 Å². The van der Waals surface area contributed by atoms with E-state index >= 15 is 0 Å². The van der Waals surface area contributed by atoms with E-state index < -0.39 is 5.97 Å². The molecule has 1 aromatic heterocycles. The molecule has 3 aromatic rings. The van der Waals surface area contributed by atoms with Gasteiger partial charge in [0, 0.05) is 17.8 Å². The maximum atomic E-state index is 12.6. The van der Waals surface area contributed by atoms with Crippen molar-refractivity contribution in [2.24, 2.45) is 0 Å². The summed E-state index contributed by atoms with van der Waals surface area (Å²) in [6, 6.07) is 9.42. The molecule has 1 heterocycles. The lowest BCUT2D eigenvalue weighted by molar-refractivity contribution is -0.113. The molecule has 0 bridgehead atoms. The van der Waals surface area contributed by atoms with E-state index in [1.54, 1.807) is 24.3 Å². The van der Waals surface area contributed by atoms with E-state index in [1.807, 2.05) is 11.5 Å². The van der Waals surface area contributed by atoms with Crippen LogP contribution in [0.25, 0.3) is 0 Å². The first-order valence-corrected chi connectivity index (χ1v) is 12.4. The van der Waals surface area contributed by atoms with Crippen molar-refractivity contribution in [2.75, 3.05) is 32.4 Å². The van der Waals surface area contributed by atoms with Crippen LogP contribution in [0, 0.1) is 0 Å². The number of esters is 1. The highest BCUT2D eigenvalue weighted by atomic mass is 35.5. The third-order valence-electron chi connectivity index (χ3n) is 5.15. The summed E-state index contributed by atoms with van der Waals surface area (Å²) < 4.78 is 16.9. The Labute approximate surface area is 222 Å². The van der Waals surface area contributed by atoms with Crippen molar-refractivity contribution in [3.8, 4) is 11.5 Å². The van der Waals surface area contributed by atoms with Crippen LogP contribution in [0.2, 0.25) is 5.02 Å². The van der Waals surface area contributed by atoms with Gasteiger partial charge in [0.25, 0.3) is 5.91 Å². The van der Waals surface area contributed by atoms with Crippen LogP contribution in [0.1, 0.15) is 33.5 Å². The molecule has 0 unspecified atom stereocenters. The largest absolute Gasteiger partial charge is 0.493 e. The molecular weight excluding hydrogens is 522 g/mol. The molecule has 2 N–H and O–H groups in total. The number of nitrogens with one attached hydrogen (secondary N) is 2. The van der Waals surface area contributed by atoms with E-state index in [-0.39, 0.29) is 34.7 Å². The van der Waals surface area contributed by atoms with Crippen LogP contribution < -0.4 is 20.1 Å². The molecule has 11 nitrogen and oxygen atoms in total. The van der Waals surface area contributed by atoms with Crippen LogP contribution in [0.5, 0.6) is 11.5 Å². The van der Waals surface area contributed by atoms with Crippen molar-refractivity contribution in [2.45, 2.75) is 25.2 Å². The standard InChI is InChI=1S/C24H26ClN5O6S/c1-5-30-20(12-26-22(32)14-6-9-18(34-2)19(10-14)35-3)28-29-24(30)37-13-21(31)27-15-7-8-17(25)16(11-15)23(33)36-4/h6-11H,5,12-13H2,1-4H3,(H,26,32)(H,27,31). The summed E-state index contributed by atoms with van der Waals surface area (Å²) in [4.78, 5) is 36.9. The van der Waals surface area contributed by atoms with Gasteiger partial charge in [0.05, 0.1) is 44.2 Å². The van der Waals surface area contributed by atoms with Gasteiger partial charge in [0.15, 0.2) is 22.5 Å². The van der Waals surface area contributed by atoms with Crippen molar-refractivity contribution in [3.63, 3.8) is 0 Å². The highest BCUT2D eigenvalue weighted by Gasteiger charge is 2.17. The molecule has 0 saturated carbocycles. The molecule has 0 aliphatic carbocycles. The molecule has 0 fully saturated rings. The first kappa shape index (κ1) is 27.8. The lowest BCUT2D eigenvalue weighted by Crippen LogP contribution is -2.25. The molecule has 37 heavy (non-hydrogen) atoms. The Hall–Kier alpha value is -3.77. The smallest absolute Gasteiger partial charge is 0.339 e. The summed E-state index contributed by atoms with van der Waals surface area (Å²) in [5, 5.41) is 14.6. The molecule has 0 spiro atoms. The predicted octanol–water partition coefficient (Wildman–Crippen LogP) is 3.42. The van der Waals surface area contributed by atoms with Crippen LogP contribution >= 0.6 is 23.4 Å². The molecule has 0 aliphatic heterocycles. The lowest BCUT2D eigenvalue weighted by atomic mass is 10.2. The molecular formula is C24H26ClN5O6S. The van der Waals surface area contributed by atoms with Gasteiger partial charge < -0.3 is 29.4 Å². The number of carbonyl (C=O) groups is 3. The maximum absolute atomic E-state index is 12.6. The van der Waals surface area contributed by atoms with E-state index in [1.165, 1.54) is 45.2 Å². The second-order valence-corrected chi connectivity index (χ2v) is 8.77. The van der Waals surface area contributed by atoms with Crippen LogP contribution in [0.15, 0.2) is 41.6 Å². The van der Waals surface area contributed by atoms with Crippen LogP contribution in [-0.2, 0) is 22.6 Å². The van der Waals surface area contributed by atoms with Crippen molar-refractivity contribution in [1.29, 1.82) is 0 Å². The molecule has 0 aliphatic rings. The summed E-state index contributed by atoms with van der Waals surface area (Å²) in [5.74, 6) is 0.342. The van der Waals surface area contributed by atoms with E-state index in [4.69, 9.17) is 25.8 Å². The zero-order chi connectivity index (χ0) is 26.9. The third-order valence-corrected chi connectivity index (χ3v) is 6.45. The molecule has 0 saturated heterocycles. The van der Waals surface area contributed by atoms with E-state index in [9.17, 15) is 14.4 Å². The quantitative estimate of drug-likeness (QED) is 0.273. The summed E-state index contributed by atoms with van der Waals surface area (Å²) in [6.45, 7) is 2.59. The Bertz CT molecular complexity index is 1300. The number of carbonyl (C=O) groups excluding carboxylic acids is 3. The monoisotopic (exact) mass is 547 g/mol. The Kier molecular flexibility index (Phi) is 9.75. The average molecular weight is 548 g/mol. The average Bonchev–Trinajstić information content (AvgIpc) is 3.32. The number of hydrogen-bond acceptors (Lipinski definition) is 9. The molecule has 0 radical (unpaired) electrons. The van der Waals surface area contributed by atoms with Crippen molar-refractivity contribution in [3.05, 3.63) is 58.4 Å². The second-order valence-electron chi connectivity index (χ2n) is 7.42. The number of halogens is 1. The number of anilines is 1. The minimum atomic E-state index is -0.600. The van der Waals surface area contributed by atoms with Crippen LogP contribution in [0.4, 0.5) is 5.69 Å². The second kappa shape index (κ2) is 13.0. The van der Waals surface area contributed by atoms with Gasteiger partial charge in [-0.1, -0.05) is 23.4 Å². The topological polar surface area (TPSA) is 134 Å². The minimum Gasteiger partial charge on any atom is -0.493 e. The molecule has 2 amide bonds. The number of rotatable bonds is 11. The Morgan fingerprint density at radius 1 is 1.03 bits per heavy atom. The number of aromatic nitrogens is 3. The normalized spacial score (nSPS) is 10.5. The third kappa shape index (κ3) is 6.92. The van der Waals surface area contributed by atoms with Crippen molar-refractivity contribution >= 4 is 46.8 Å². The van der Waals surface area contributed by atoms with Crippen LogP contribution in [-0.4, -0.2) is 59.6 Å². The molecule has 3 rings (SSSR count). The van der Waals surface area contributed by atoms with Crippen molar-refractivity contribution in [1.82, 2.24) is 20.1 Å². The first-order chi connectivity index (χ1) is 17.8. The van der Waals surface area contributed by atoms with Gasteiger partial charge in [-0.3, -0.25) is 9.59 Å². The SMILES string of the molecule is CCn1c(CNC(=O)c2ccc(OC)c(OC)c2)nnc1SCC(=O)Nc1ccc(Cl)c(C(=O)OC)c1. The number of methoxy groups -OCH3 is 3. The fourth-order valence-corrected chi connectivity index (χ4v) is 4.33. The number of benzene rings is 2. The van der Waals surface area contributed by atoms with Gasteiger partial charge in [-0.15, -0.1) is 10.2 Å². The number of thioether (sulfide) groups is 1. The van der Waals surface area contributed by atoms with E-state index in [0.717, 1.165) is 0 Å².